The first kappa shape index (κ1) is 59.1. The molecule has 1 amide bonds. The molecule has 0 saturated carbocycles. The molecule has 0 aliphatic heterocycles. The summed E-state index contributed by atoms with van der Waals surface area (Å²) in [5.41, 5.74) is 0. The summed E-state index contributed by atoms with van der Waals surface area (Å²) in [5.74, 6) is -0.0805. The fourth-order valence-corrected chi connectivity index (χ4v) is 8.02. The first-order chi connectivity index (χ1) is 30.0. The lowest BCUT2D eigenvalue weighted by molar-refractivity contribution is -0.143. The molecule has 0 bridgehead atoms. The highest BCUT2D eigenvalue weighted by atomic mass is 16.5. The number of hydrogen-bond acceptors (Lipinski definition) is 5. The Kier molecular flexibility index (Phi) is 49.1. The molecule has 0 saturated heterocycles. The minimum Gasteiger partial charge on any atom is -0.466 e. The van der Waals surface area contributed by atoms with Crippen LogP contribution in [-0.4, -0.2) is 47.4 Å². The molecule has 0 fully saturated rings. The van der Waals surface area contributed by atoms with Gasteiger partial charge in [0, 0.05) is 12.8 Å². The Morgan fingerprint density at radius 3 is 1.28 bits per heavy atom. The summed E-state index contributed by atoms with van der Waals surface area (Å²) in [6, 6.07) is -0.631. The van der Waals surface area contributed by atoms with Crippen LogP contribution in [0.5, 0.6) is 0 Å². The van der Waals surface area contributed by atoms with Crippen LogP contribution in [-0.2, 0) is 14.3 Å². The summed E-state index contributed by atoms with van der Waals surface area (Å²) in [6.45, 7) is 4.83. The number of amides is 1. The zero-order valence-electron chi connectivity index (χ0n) is 40.6. The fourth-order valence-electron chi connectivity index (χ4n) is 8.02. The molecule has 0 aliphatic rings. The van der Waals surface area contributed by atoms with Crippen LogP contribution in [0.15, 0.2) is 36.5 Å². The summed E-state index contributed by atoms with van der Waals surface area (Å²) in [6.07, 6.45) is 61.6. The van der Waals surface area contributed by atoms with Gasteiger partial charge in [-0.2, -0.15) is 0 Å². The maximum absolute atomic E-state index is 12.4. The van der Waals surface area contributed by atoms with Crippen molar-refractivity contribution in [1.29, 1.82) is 0 Å². The topological polar surface area (TPSA) is 95.9 Å². The minimum atomic E-state index is -0.847. The van der Waals surface area contributed by atoms with Crippen molar-refractivity contribution in [1.82, 2.24) is 5.32 Å². The van der Waals surface area contributed by atoms with Gasteiger partial charge in [0.1, 0.15) is 0 Å². The van der Waals surface area contributed by atoms with Crippen molar-refractivity contribution in [2.75, 3.05) is 13.2 Å². The predicted molar refractivity (Wildman–Crippen MR) is 264 cm³/mol. The number of aliphatic hydroxyl groups is 2. The van der Waals surface area contributed by atoms with Gasteiger partial charge in [0.15, 0.2) is 0 Å². The van der Waals surface area contributed by atoms with Gasteiger partial charge in [-0.1, -0.05) is 237 Å². The van der Waals surface area contributed by atoms with Gasteiger partial charge in [-0.05, 0) is 64.2 Å². The predicted octanol–water partition coefficient (Wildman–Crippen LogP) is 16.1. The second-order valence-electron chi connectivity index (χ2n) is 18.2. The Labute approximate surface area is 379 Å². The van der Waals surface area contributed by atoms with E-state index in [1.54, 1.807) is 6.08 Å². The van der Waals surface area contributed by atoms with Crippen LogP contribution in [0.3, 0.4) is 0 Å². The minimum absolute atomic E-state index is 0.00240. The van der Waals surface area contributed by atoms with Gasteiger partial charge in [-0.15, -0.1) is 0 Å². The number of carbonyl (C=O) groups excluding carboxylic acids is 2. The third kappa shape index (κ3) is 47.4. The summed E-state index contributed by atoms with van der Waals surface area (Å²) in [4.78, 5) is 24.4. The van der Waals surface area contributed by atoms with E-state index in [1.165, 1.54) is 199 Å². The first-order valence-electron chi connectivity index (χ1n) is 26.8. The van der Waals surface area contributed by atoms with Crippen molar-refractivity contribution in [3.8, 4) is 0 Å². The zero-order valence-corrected chi connectivity index (χ0v) is 40.6. The Bertz CT molecular complexity index is 993. The zero-order chi connectivity index (χ0) is 44.4. The molecule has 0 aromatic heterocycles. The monoisotopic (exact) mass is 858 g/mol. The molecule has 6 heteroatoms. The van der Waals surface area contributed by atoms with Gasteiger partial charge in [0.2, 0.25) is 5.91 Å². The van der Waals surface area contributed by atoms with Crippen LogP contribution in [0.25, 0.3) is 0 Å². The van der Waals surface area contributed by atoms with E-state index in [1.807, 2.05) is 6.08 Å². The van der Waals surface area contributed by atoms with E-state index < -0.39 is 12.1 Å². The Morgan fingerprint density at radius 1 is 0.459 bits per heavy atom. The molecule has 61 heavy (non-hydrogen) atoms. The third-order valence-corrected chi connectivity index (χ3v) is 12.2. The van der Waals surface area contributed by atoms with E-state index in [4.69, 9.17) is 4.74 Å². The lowest BCUT2D eigenvalue weighted by atomic mass is 10.0. The first-order valence-corrected chi connectivity index (χ1v) is 26.8. The second-order valence-corrected chi connectivity index (χ2v) is 18.2. The molecular formula is C55H103NO5. The van der Waals surface area contributed by atoms with E-state index in [-0.39, 0.29) is 18.5 Å². The standard InChI is InChI=1S/C55H103NO5/c1-3-5-7-9-11-13-14-15-16-17-18-19-23-26-29-33-37-41-45-49-55(60)61-50-46-42-38-34-30-27-24-21-20-22-25-28-32-36-40-44-48-54(59)56-52(51-57)53(58)47-43-39-35-31-12-10-8-6-4-2/h11,13,15-16,43,47,52-53,57-58H,3-10,12,14,17-42,44-46,48-51H2,1-2H3,(H,56,59)/b13-11-,16-15-,47-43+. The van der Waals surface area contributed by atoms with Crippen molar-refractivity contribution in [3.05, 3.63) is 36.5 Å². The van der Waals surface area contributed by atoms with Crippen molar-refractivity contribution in [2.24, 2.45) is 0 Å². The maximum Gasteiger partial charge on any atom is 0.305 e. The maximum atomic E-state index is 12.4. The fraction of sp³-hybridized carbons (Fsp3) is 0.855. The molecule has 0 aromatic rings. The van der Waals surface area contributed by atoms with E-state index >= 15 is 0 Å². The number of unbranched alkanes of at least 4 members (excludes halogenated alkanes) is 34. The number of carbonyl (C=O) groups is 2. The Hall–Kier alpha value is -1.92. The number of rotatable bonds is 49. The molecule has 0 spiro atoms. The quantitative estimate of drug-likeness (QED) is 0.0322. The Morgan fingerprint density at radius 2 is 0.820 bits per heavy atom. The van der Waals surface area contributed by atoms with Crippen molar-refractivity contribution >= 4 is 11.9 Å². The highest BCUT2D eigenvalue weighted by molar-refractivity contribution is 5.76. The molecular weight excluding hydrogens is 755 g/mol. The number of nitrogens with one attached hydrogen (secondary N) is 1. The van der Waals surface area contributed by atoms with E-state index in [9.17, 15) is 19.8 Å². The van der Waals surface area contributed by atoms with Crippen molar-refractivity contribution in [3.63, 3.8) is 0 Å². The van der Waals surface area contributed by atoms with E-state index in [0.717, 1.165) is 51.4 Å². The number of hydrogen-bond donors (Lipinski definition) is 3. The number of aliphatic hydroxyl groups excluding tert-OH is 2. The lowest BCUT2D eigenvalue weighted by Crippen LogP contribution is -2.45. The summed E-state index contributed by atoms with van der Waals surface area (Å²) in [5, 5.41) is 22.9. The lowest BCUT2D eigenvalue weighted by Gasteiger charge is -2.20. The number of allylic oxidation sites excluding steroid dienone is 5. The number of ether oxygens (including phenoxy) is 1. The van der Waals surface area contributed by atoms with Crippen LogP contribution >= 0.6 is 0 Å². The van der Waals surface area contributed by atoms with Gasteiger partial charge in [-0.25, -0.2) is 0 Å². The normalized spacial score (nSPS) is 12.9. The molecule has 0 aliphatic carbocycles. The van der Waals surface area contributed by atoms with Gasteiger partial charge in [0.25, 0.3) is 0 Å². The van der Waals surface area contributed by atoms with Gasteiger partial charge in [0.05, 0.1) is 25.4 Å². The molecule has 0 rings (SSSR count). The van der Waals surface area contributed by atoms with Crippen LogP contribution < -0.4 is 5.32 Å². The molecule has 3 N–H and O–H groups in total. The van der Waals surface area contributed by atoms with E-state index in [2.05, 4.69) is 43.5 Å². The molecule has 6 nitrogen and oxygen atoms in total. The molecule has 358 valence electrons. The molecule has 0 aromatic carbocycles. The number of esters is 1. The van der Waals surface area contributed by atoms with Gasteiger partial charge >= 0.3 is 5.97 Å². The second kappa shape index (κ2) is 50.7. The van der Waals surface area contributed by atoms with Crippen LogP contribution in [0, 0.1) is 0 Å². The van der Waals surface area contributed by atoms with Gasteiger partial charge in [-0.3, -0.25) is 9.59 Å². The summed E-state index contributed by atoms with van der Waals surface area (Å²) >= 11 is 0. The van der Waals surface area contributed by atoms with Crippen LogP contribution in [0.1, 0.15) is 277 Å². The average Bonchev–Trinajstić information content (AvgIpc) is 3.26. The van der Waals surface area contributed by atoms with Crippen molar-refractivity contribution < 1.29 is 24.5 Å². The molecule has 0 heterocycles. The SMILES string of the molecule is CCCCC/C=C\C/C=C\CCCCCCCCCCCC(=O)OCCCCCCCCCCCCCCCCCCC(=O)NC(CO)C(O)/C=C/CCCCCCCCC. The largest absolute Gasteiger partial charge is 0.466 e. The van der Waals surface area contributed by atoms with Crippen LogP contribution in [0.2, 0.25) is 0 Å². The van der Waals surface area contributed by atoms with Crippen LogP contribution in [0.4, 0.5) is 0 Å². The molecule has 2 atom stereocenters. The average molecular weight is 858 g/mol. The van der Waals surface area contributed by atoms with Crippen molar-refractivity contribution in [2.45, 2.75) is 289 Å². The summed E-state index contributed by atoms with van der Waals surface area (Å²) in [7, 11) is 0. The Balaban J connectivity index is 3.40. The third-order valence-electron chi connectivity index (χ3n) is 12.2. The smallest absolute Gasteiger partial charge is 0.305 e. The molecule has 0 radical (unpaired) electrons. The summed E-state index contributed by atoms with van der Waals surface area (Å²) < 4.78 is 5.48. The highest BCUT2D eigenvalue weighted by Gasteiger charge is 2.18. The van der Waals surface area contributed by atoms with E-state index in [0.29, 0.717) is 19.4 Å². The molecule has 2 unspecified atom stereocenters. The van der Waals surface area contributed by atoms with Gasteiger partial charge < -0.3 is 20.3 Å². The highest BCUT2D eigenvalue weighted by Crippen LogP contribution is 2.16.